The minimum Gasteiger partial charge on any atom is -0.356 e. The van der Waals surface area contributed by atoms with Gasteiger partial charge >= 0.3 is 0 Å². The van der Waals surface area contributed by atoms with Crippen LogP contribution in [-0.2, 0) is 11.2 Å². The van der Waals surface area contributed by atoms with Crippen LogP contribution in [0.3, 0.4) is 0 Å². The molecule has 2 atom stereocenters. The van der Waals surface area contributed by atoms with Gasteiger partial charge in [-0.2, -0.15) is 0 Å². The zero-order chi connectivity index (χ0) is 15.4. The molecule has 2 bridgehead atoms. The van der Waals surface area contributed by atoms with Gasteiger partial charge in [0, 0.05) is 36.1 Å². The molecule has 1 aromatic rings. The van der Waals surface area contributed by atoms with Crippen molar-refractivity contribution in [3.63, 3.8) is 0 Å². The molecule has 2 aliphatic heterocycles. The maximum Gasteiger partial charge on any atom is 0.220 e. The van der Waals surface area contributed by atoms with E-state index < -0.39 is 0 Å². The number of fused-ring (bicyclic) bond motifs is 2. The lowest BCUT2D eigenvalue weighted by Gasteiger charge is -2.28. The van der Waals surface area contributed by atoms with E-state index >= 15 is 0 Å². The number of hydrogen-bond donors (Lipinski definition) is 2. The van der Waals surface area contributed by atoms with Gasteiger partial charge in [-0.1, -0.05) is 0 Å². The maximum atomic E-state index is 12.0. The Hall–Kier alpha value is -0.360. The van der Waals surface area contributed by atoms with Crippen molar-refractivity contribution in [3.8, 4) is 0 Å². The summed E-state index contributed by atoms with van der Waals surface area (Å²) in [6.45, 7) is 2.84. The Morgan fingerprint density at radius 3 is 2.62 bits per heavy atom. The van der Waals surface area contributed by atoms with E-state index in [1.807, 2.05) is 6.92 Å². The smallest absolute Gasteiger partial charge is 0.220 e. The van der Waals surface area contributed by atoms with E-state index in [0.717, 1.165) is 37.9 Å². The molecule has 24 heavy (non-hydrogen) atoms. The van der Waals surface area contributed by atoms with E-state index in [9.17, 15) is 4.79 Å². The fourth-order valence-electron chi connectivity index (χ4n) is 3.82. The zero-order valence-corrected chi connectivity index (χ0v) is 16.7. The Morgan fingerprint density at radius 2 is 2.00 bits per heavy atom. The predicted octanol–water partition coefficient (Wildman–Crippen LogP) is 3.65. The summed E-state index contributed by atoms with van der Waals surface area (Å²) in [5, 5.41) is 10.0. The van der Waals surface area contributed by atoms with E-state index in [1.165, 1.54) is 30.7 Å². The number of rotatable bonds is 7. The number of aromatic nitrogens is 1. The molecule has 0 saturated carbocycles. The molecule has 7 heteroatoms. The lowest BCUT2D eigenvalue weighted by atomic mass is 9.89. The zero-order valence-electron chi connectivity index (χ0n) is 14.3. The number of piperidine rings is 1. The van der Waals surface area contributed by atoms with E-state index in [2.05, 4.69) is 21.0 Å². The van der Waals surface area contributed by atoms with E-state index in [-0.39, 0.29) is 30.7 Å². The van der Waals surface area contributed by atoms with Gasteiger partial charge in [0.15, 0.2) is 0 Å². The molecule has 2 saturated heterocycles. The van der Waals surface area contributed by atoms with Gasteiger partial charge < -0.3 is 10.6 Å². The number of thiazole rings is 1. The number of amides is 1. The number of hydrogen-bond acceptors (Lipinski definition) is 4. The van der Waals surface area contributed by atoms with E-state index in [0.29, 0.717) is 18.0 Å². The maximum absolute atomic E-state index is 12.0. The summed E-state index contributed by atoms with van der Waals surface area (Å²) in [5.41, 5.74) is 1.12. The number of aryl methyl sites for hydroxylation is 2. The molecule has 2 N–H and O–H groups in total. The van der Waals surface area contributed by atoms with Crippen LogP contribution in [0.25, 0.3) is 0 Å². The van der Waals surface area contributed by atoms with Crippen LogP contribution in [0.5, 0.6) is 0 Å². The Labute approximate surface area is 161 Å². The van der Waals surface area contributed by atoms with Crippen molar-refractivity contribution in [1.29, 1.82) is 0 Å². The number of carbonyl (C=O) groups is 1. The summed E-state index contributed by atoms with van der Waals surface area (Å²) in [6.07, 6.45) is 8.89. The van der Waals surface area contributed by atoms with Gasteiger partial charge in [-0.3, -0.25) is 4.79 Å². The highest BCUT2D eigenvalue weighted by Gasteiger charge is 2.33. The highest BCUT2D eigenvalue weighted by molar-refractivity contribution is 7.09. The molecule has 0 aromatic carbocycles. The number of unbranched alkanes of at least 4 members (excludes halogenated alkanes) is 1. The van der Waals surface area contributed by atoms with E-state index in [4.69, 9.17) is 0 Å². The third kappa shape index (κ3) is 6.51. The number of nitrogens with zero attached hydrogens (tertiary/aromatic N) is 1. The second-order valence-electron chi connectivity index (χ2n) is 6.87. The molecule has 2 aliphatic rings. The molecule has 1 aromatic heterocycles. The molecule has 2 fully saturated rings. The van der Waals surface area contributed by atoms with Crippen molar-refractivity contribution in [3.05, 3.63) is 16.1 Å². The third-order valence-electron chi connectivity index (χ3n) is 4.85. The van der Waals surface area contributed by atoms with Crippen LogP contribution >= 0.6 is 36.2 Å². The highest BCUT2D eigenvalue weighted by Crippen LogP contribution is 2.32. The van der Waals surface area contributed by atoms with Crippen LogP contribution in [0.4, 0.5) is 0 Å². The van der Waals surface area contributed by atoms with Crippen molar-refractivity contribution in [2.75, 3.05) is 6.54 Å². The largest absolute Gasteiger partial charge is 0.356 e. The van der Waals surface area contributed by atoms with Crippen LogP contribution in [0.2, 0.25) is 0 Å². The van der Waals surface area contributed by atoms with Gasteiger partial charge in [0.05, 0.1) is 5.01 Å². The van der Waals surface area contributed by atoms with Crippen molar-refractivity contribution >= 4 is 42.1 Å². The fourth-order valence-corrected chi connectivity index (χ4v) is 4.64. The van der Waals surface area contributed by atoms with Crippen LogP contribution < -0.4 is 10.6 Å². The molecule has 1 amide bonds. The molecule has 138 valence electrons. The average Bonchev–Trinajstić information content (AvgIpc) is 3.04. The molecular weight excluding hydrogens is 365 g/mol. The number of carbonyl (C=O) groups excluding carboxylic acids is 1. The summed E-state index contributed by atoms with van der Waals surface area (Å²) in [6, 6.07) is 1.36. The van der Waals surface area contributed by atoms with Gasteiger partial charge in [-0.05, 0) is 57.8 Å². The van der Waals surface area contributed by atoms with Crippen LogP contribution in [0.15, 0.2) is 5.38 Å². The molecular formula is C17H29Cl2N3OS. The molecule has 0 aliphatic carbocycles. The highest BCUT2D eigenvalue weighted by atomic mass is 35.5. The lowest BCUT2D eigenvalue weighted by molar-refractivity contribution is -0.122. The molecule has 4 nitrogen and oxygen atoms in total. The summed E-state index contributed by atoms with van der Waals surface area (Å²) < 4.78 is 0. The molecule has 2 unspecified atom stereocenters. The second kappa shape index (κ2) is 10.6. The van der Waals surface area contributed by atoms with Crippen LogP contribution in [0, 0.1) is 12.8 Å². The van der Waals surface area contributed by atoms with Gasteiger partial charge in [0.1, 0.15) is 0 Å². The fraction of sp³-hybridized carbons (Fsp3) is 0.765. The van der Waals surface area contributed by atoms with Crippen molar-refractivity contribution in [2.24, 2.45) is 5.92 Å². The van der Waals surface area contributed by atoms with Gasteiger partial charge in [-0.25, -0.2) is 4.98 Å². The number of nitrogens with one attached hydrogen (secondary N) is 2. The standard InChI is InChI=1S/C17H27N3OS.2ClH/c1-12-11-22-17(19-12)4-2-3-7-18-16(21)10-13-8-14-5-6-15(9-13)20-14;;/h11,13-15,20H,2-10H2,1H3,(H,18,21);2*1H. The van der Waals surface area contributed by atoms with Crippen LogP contribution in [-0.4, -0.2) is 29.5 Å². The average molecular weight is 394 g/mol. The summed E-state index contributed by atoms with van der Waals surface area (Å²) in [5.74, 6) is 0.841. The first-order chi connectivity index (χ1) is 10.7. The first-order valence-electron chi connectivity index (χ1n) is 8.63. The molecule has 0 radical (unpaired) electrons. The van der Waals surface area contributed by atoms with Crippen molar-refractivity contribution in [1.82, 2.24) is 15.6 Å². The SMILES string of the molecule is Cc1csc(CCCCNC(=O)CC2CC3CCC(C2)N3)n1.Cl.Cl. The first-order valence-corrected chi connectivity index (χ1v) is 9.51. The minimum absolute atomic E-state index is 0. The Bertz CT molecular complexity index is 500. The summed E-state index contributed by atoms with van der Waals surface area (Å²) >= 11 is 1.74. The van der Waals surface area contributed by atoms with Gasteiger partial charge in [-0.15, -0.1) is 36.2 Å². The summed E-state index contributed by atoms with van der Waals surface area (Å²) in [7, 11) is 0. The third-order valence-corrected chi connectivity index (χ3v) is 5.88. The second-order valence-corrected chi connectivity index (χ2v) is 7.81. The molecule has 0 spiro atoms. The molecule has 3 heterocycles. The van der Waals surface area contributed by atoms with Gasteiger partial charge in [0.2, 0.25) is 5.91 Å². The first kappa shape index (κ1) is 21.7. The van der Waals surface area contributed by atoms with Crippen molar-refractivity contribution < 1.29 is 4.79 Å². The Balaban J connectivity index is 0.00000144. The normalized spacial score (nSPS) is 24.8. The Morgan fingerprint density at radius 1 is 1.29 bits per heavy atom. The number of halogens is 2. The predicted molar refractivity (Wildman–Crippen MR) is 105 cm³/mol. The minimum atomic E-state index is 0. The van der Waals surface area contributed by atoms with Crippen molar-refractivity contribution in [2.45, 2.75) is 70.4 Å². The quantitative estimate of drug-likeness (QED) is 0.694. The molecule has 3 rings (SSSR count). The Kier molecular flexibility index (Phi) is 9.57. The lowest BCUT2D eigenvalue weighted by Crippen LogP contribution is -2.39. The van der Waals surface area contributed by atoms with Gasteiger partial charge in [0.25, 0.3) is 0 Å². The monoisotopic (exact) mass is 393 g/mol. The van der Waals surface area contributed by atoms with E-state index in [1.54, 1.807) is 11.3 Å². The summed E-state index contributed by atoms with van der Waals surface area (Å²) in [4.78, 5) is 16.5. The van der Waals surface area contributed by atoms with Crippen LogP contribution in [0.1, 0.15) is 55.6 Å². The topological polar surface area (TPSA) is 54.0 Å².